The van der Waals surface area contributed by atoms with Crippen LogP contribution in [0.2, 0.25) is 0 Å². The van der Waals surface area contributed by atoms with Gasteiger partial charge < -0.3 is 0 Å². The predicted octanol–water partition coefficient (Wildman–Crippen LogP) is 5.69. The van der Waals surface area contributed by atoms with Crippen molar-refractivity contribution < 1.29 is 17.6 Å². The minimum atomic E-state index is -3.73. The summed E-state index contributed by atoms with van der Waals surface area (Å²) in [5.41, 5.74) is 1.53. The Morgan fingerprint density at radius 2 is 1.40 bits per heavy atom. The van der Waals surface area contributed by atoms with Crippen molar-refractivity contribution in [3.8, 4) is 11.1 Å². The molecular formula is C15H11BrF4. The number of hydrogen-bond donors (Lipinski definition) is 0. The summed E-state index contributed by atoms with van der Waals surface area (Å²) in [6.07, 6.45) is 0. The maximum absolute atomic E-state index is 13.7. The third-order valence-corrected chi connectivity index (χ3v) is 3.56. The Bertz CT molecular complexity index is 636. The summed E-state index contributed by atoms with van der Waals surface area (Å²) in [6.45, 7) is 3.78. The Morgan fingerprint density at radius 3 is 1.85 bits per heavy atom. The first-order chi connectivity index (χ1) is 9.20. The van der Waals surface area contributed by atoms with Crippen LogP contribution in [-0.4, -0.2) is 0 Å². The van der Waals surface area contributed by atoms with Crippen LogP contribution < -0.4 is 0 Å². The van der Waals surface area contributed by atoms with E-state index in [0.717, 1.165) is 23.3 Å². The van der Waals surface area contributed by atoms with Gasteiger partial charge in [-0.3, -0.25) is 0 Å². The van der Waals surface area contributed by atoms with Crippen molar-refractivity contribution in [1.29, 1.82) is 0 Å². The first-order valence-corrected chi connectivity index (χ1v) is 6.63. The van der Waals surface area contributed by atoms with Crippen LogP contribution in [0.5, 0.6) is 0 Å². The molecule has 0 saturated heterocycles. The molecule has 2 aromatic carbocycles. The SMILES string of the molecule is Cc1ccc(-c2cc(F)c(C(F)(F)Br)c(F)c2)cc1C. The second-order valence-electron chi connectivity index (χ2n) is 4.61. The van der Waals surface area contributed by atoms with Crippen LogP contribution >= 0.6 is 15.9 Å². The third-order valence-electron chi connectivity index (χ3n) is 3.17. The molecule has 0 aliphatic heterocycles. The lowest BCUT2D eigenvalue weighted by molar-refractivity contribution is 0.105. The van der Waals surface area contributed by atoms with Gasteiger partial charge >= 0.3 is 4.83 Å². The molecule has 20 heavy (non-hydrogen) atoms. The average Bonchev–Trinajstić information content (AvgIpc) is 2.29. The summed E-state index contributed by atoms with van der Waals surface area (Å²) < 4.78 is 53.6. The van der Waals surface area contributed by atoms with Gasteiger partial charge in [-0.25, -0.2) is 8.78 Å². The van der Waals surface area contributed by atoms with E-state index < -0.39 is 22.0 Å². The average molecular weight is 347 g/mol. The van der Waals surface area contributed by atoms with Crippen molar-refractivity contribution in [2.24, 2.45) is 0 Å². The van der Waals surface area contributed by atoms with Crippen molar-refractivity contribution in [3.63, 3.8) is 0 Å². The second-order valence-corrected chi connectivity index (χ2v) is 5.61. The van der Waals surface area contributed by atoms with Crippen LogP contribution in [0.1, 0.15) is 16.7 Å². The fourth-order valence-electron chi connectivity index (χ4n) is 1.93. The molecule has 2 aromatic rings. The van der Waals surface area contributed by atoms with Crippen molar-refractivity contribution >= 4 is 15.9 Å². The van der Waals surface area contributed by atoms with Crippen LogP contribution in [0.3, 0.4) is 0 Å². The summed E-state index contributed by atoms with van der Waals surface area (Å²) in [5, 5.41) is 0. The number of alkyl halides is 3. The van der Waals surface area contributed by atoms with Gasteiger partial charge in [-0.1, -0.05) is 18.2 Å². The molecule has 0 atom stereocenters. The molecule has 5 heteroatoms. The van der Waals surface area contributed by atoms with E-state index in [4.69, 9.17) is 0 Å². The fraction of sp³-hybridized carbons (Fsp3) is 0.200. The first kappa shape index (κ1) is 15.0. The standard InChI is InChI=1S/C15H11BrF4/c1-8-3-4-10(5-9(8)2)11-6-12(17)14(13(18)7-11)15(16,19)20/h3-7H,1-2H3. The van der Waals surface area contributed by atoms with Gasteiger partial charge in [0.2, 0.25) is 0 Å². The van der Waals surface area contributed by atoms with Gasteiger partial charge in [0, 0.05) is 0 Å². The molecule has 0 spiro atoms. The van der Waals surface area contributed by atoms with Crippen molar-refractivity contribution in [1.82, 2.24) is 0 Å². The van der Waals surface area contributed by atoms with Gasteiger partial charge in [0.05, 0.1) is 0 Å². The molecule has 0 aromatic heterocycles. The van der Waals surface area contributed by atoms with Gasteiger partial charge in [-0.15, -0.1) is 0 Å². The molecular weight excluding hydrogens is 336 g/mol. The quantitative estimate of drug-likeness (QED) is 0.483. The number of rotatable bonds is 2. The van der Waals surface area contributed by atoms with Crippen LogP contribution in [0.15, 0.2) is 30.3 Å². The molecule has 0 radical (unpaired) electrons. The van der Waals surface area contributed by atoms with Crippen LogP contribution in [-0.2, 0) is 4.83 Å². The van der Waals surface area contributed by atoms with E-state index in [-0.39, 0.29) is 5.56 Å². The van der Waals surface area contributed by atoms with E-state index in [1.807, 2.05) is 35.8 Å². The fourth-order valence-corrected chi connectivity index (χ4v) is 2.31. The number of benzene rings is 2. The van der Waals surface area contributed by atoms with E-state index in [1.165, 1.54) is 0 Å². The molecule has 0 unspecified atom stereocenters. The minimum absolute atomic E-state index is 0.226. The zero-order valence-corrected chi connectivity index (χ0v) is 12.4. The molecule has 0 bridgehead atoms. The first-order valence-electron chi connectivity index (χ1n) is 5.84. The van der Waals surface area contributed by atoms with Crippen molar-refractivity contribution in [3.05, 3.63) is 58.7 Å². The molecule has 0 aliphatic carbocycles. The highest BCUT2D eigenvalue weighted by Gasteiger charge is 2.34. The Balaban J connectivity index is 2.58. The molecule has 0 amide bonds. The monoisotopic (exact) mass is 346 g/mol. The van der Waals surface area contributed by atoms with E-state index >= 15 is 0 Å². The number of halogens is 5. The molecule has 0 fully saturated rings. The zero-order valence-electron chi connectivity index (χ0n) is 10.8. The Kier molecular flexibility index (Phi) is 3.91. The predicted molar refractivity (Wildman–Crippen MR) is 74.1 cm³/mol. The van der Waals surface area contributed by atoms with Gasteiger partial charge in [-0.05, 0) is 64.2 Å². The van der Waals surface area contributed by atoms with Gasteiger partial charge in [0.25, 0.3) is 0 Å². The largest absolute Gasteiger partial charge is 0.332 e. The van der Waals surface area contributed by atoms with Gasteiger partial charge in [0.1, 0.15) is 17.2 Å². The van der Waals surface area contributed by atoms with E-state index in [1.54, 1.807) is 12.1 Å². The van der Waals surface area contributed by atoms with E-state index in [0.29, 0.717) is 5.56 Å². The third kappa shape index (κ3) is 2.87. The van der Waals surface area contributed by atoms with Crippen molar-refractivity contribution in [2.75, 3.05) is 0 Å². The zero-order chi connectivity index (χ0) is 15.1. The summed E-state index contributed by atoms with van der Waals surface area (Å²) in [5.74, 6) is -2.56. The normalized spacial score (nSPS) is 11.8. The highest BCUT2D eigenvalue weighted by atomic mass is 79.9. The Hall–Kier alpha value is -1.36. The van der Waals surface area contributed by atoms with Crippen LogP contribution in [0.25, 0.3) is 11.1 Å². The summed E-state index contributed by atoms with van der Waals surface area (Å²) >= 11 is 1.98. The minimum Gasteiger partial charge on any atom is -0.206 e. The lowest BCUT2D eigenvalue weighted by Gasteiger charge is -2.13. The van der Waals surface area contributed by atoms with E-state index in [2.05, 4.69) is 0 Å². The van der Waals surface area contributed by atoms with Crippen molar-refractivity contribution in [2.45, 2.75) is 18.7 Å². The molecule has 0 saturated carbocycles. The maximum Gasteiger partial charge on any atom is 0.332 e. The molecule has 2 rings (SSSR count). The Morgan fingerprint density at radius 1 is 0.850 bits per heavy atom. The van der Waals surface area contributed by atoms with Gasteiger partial charge in [0.15, 0.2) is 0 Å². The smallest absolute Gasteiger partial charge is 0.206 e. The lowest BCUT2D eigenvalue weighted by atomic mass is 9.99. The molecule has 0 nitrogen and oxygen atoms in total. The highest BCUT2D eigenvalue weighted by molar-refractivity contribution is 9.09. The maximum atomic E-state index is 13.7. The number of aryl methyl sites for hydroxylation is 2. The number of hydrogen-bond acceptors (Lipinski definition) is 0. The molecule has 106 valence electrons. The van der Waals surface area contributed by atoms with Crippen LogP contribution in [0, 0.1) is 25.5 Å². The summed E-state index contributed by atoms with van der Waals surface area (Å²) in [7, 11) is 0. The topological polar surface area (TPSA) is 0 Å². The van der Waals surface area contributed by atoms with Gasteiger partial charge in [-0.2, -0.15) is 8.78 Å². The Labute approximate surface area is 122 Å². The molecule has 0 N–H and O–H groups in total. The van der Waals surface area contributed by atoms with Crippen LogP contribution in [0.4, 0.5) is 17.6 Å². The highest BCUT2D eigenvalue weighted by Crippen LogP contribution is 2.39. The summed E-state index contributed by atoms with van der Waals surface area (Å²) in [4.78, 5) is -3.73. The summed E-state index contributed by atoms with van der Waals surface area (Å²) in [6, 6.07) is 7.10. The molecule has 0 heterocycles. The van der Waals surface area contributed by atoms with E-state index in [9.17, 15) is 17.6 Å². The lowest BCUT2D eigenvalue weighted by Crippen LogP contribution is -2.09. The second kappa shape index (κ2) is 5.20. The molecule has 0 aliphatic rings.